The SMILES string of the molecule is COc1ccc(Br)cc1CSC(C)CCl. The zero-order valence-corrected chi connectivity index (χ0v) is 12.0. The average molecular weight is 310 g/mol. The van der Waals surface area contributed by atoms with E-state index in [1.807, 2.05) is 23.9 Å². The van der Waals surface area contributed by atoms with Crippen molar-refractivity contribution in [1.82, 2.24) is 0 Å². The molecule has 0 aliphatic heterocycles. The Bertz CT molecular complexity index is 319. The van der Waals surface area contributed by atoms with Gasteiger partial charge in [-0.25, -0.2) is 0 Å². The van der Waals surface area contributed by atoms with Crippen molar-refractivity contribution in [3.05, 3.63) is 28.2 Å². The predicted molar refractivity (Wildman–Crippen MR) is 72.2 cm³/mol. The third-order valence-electron chi connectivity index (χ3n) is 1.98. The van der Waals surface area contributed by atoms with Crippen molar-refractivity contribution in [3.8, 4) is 5.75 Å². The lowest BCUT2D eigenvalue weighted by atomic mass is 10.2. The molecular weight excluding hydrogens is 296 g/mol. The van der Waals surface area contributed by atoms with E-state index in [2.05, 4.69) is 28.9 Å². The second-order valence-electron chi connectivity index (χ2n) is 3.23. The second-order valence-corrected chi connectivity index (χ2v) is 5.88. The lowest BCUT2D eigenvalue weighted by Crippen LogP contribution is -1.99. The highest BCUT2D eigenvalue weighted by molar-refractivity contribution is 9.10. The molecule has 0 aromatic heterocycles. The molecule has 1 unspecified atom stereocenters. The Morgan fingerprint density at radius 3 is 2.87 bits per heavy atom. The fourth-order valence-electron chi connectivity index (χ4n) is 1.14. The van der Waals surface area contributed by atoms with Gasteiger partial charge in [0.05, 0.1) is 7.11 Å². The first-order valence-corrected chi connectivity index (χ1v) is 7.05. The summed E-state index contributed by atoms with van der Waals surface area (Å²) in [5.41, 5.74) is 1.20. The summed E-state index contributed by atoms with van der Waals surface area (Å²) in [6.07, 6.45) is 0. The van der Waals surface area contributed by atoms with E-state index in [0.717, 1.165) is 16.0 Å². The quantitative estimate of drug-likeness (QED) is 0.749. The van der Waals surface area contributed by atoms with Crippen molar-refractivity contribution in [2.45, 2.75) is 17.9 Å². The van der Waals surface area contributed by atoms with Crippen LogP contribution in [0.3, 0.4) is 0 Å². The molecule has 0 saturated heterocycles. The van der Waals surface area contributed by atoms with E-state index in [-0.39, 0.29) is 0 Å². The Hall–Kier alpha value is 0.140. The number of rotatable bonds is 5. The van der Waals surface area contributed by atoms with Crippen LogP contribution in [0.4, 0.5) is 0 Å². The van der Waals surface area contributed by atoms with Crippen LogP contribution in [0, 0.1) is 0 Å². The second kappa shape index (κ2) is 6.66. The number of thioether (sulfide) groups is 1. The lowest BCUT2D eigenvalue weighted by Gasteiger charge is -2.11. The maximum Gasteiger partial charge on any atom is 0.122 e. The van der Waals surface area contributed by atoms with E-state index in [0.29, 0.717) is 11.1 Å². The van der Waals surface area contributed by atoms with E-state index >= 15 is 0 Å². The van der Waals surface area contributed by atoms with Crippen LogP contribution < -0.4 is 4.74 Å². The van der Waals surface area contributed by atoms with E-state index in [1.54, 1.807) is 7.11 Å². The van der Waals surface area contributed by atoms with Crippen LogP contribution in [0.15, 0.2) is 22.7 Å². The van der Waals surface area contributed by atoms with Crippen LogP contribution in [-0.2, 0) is 5.75 Å². The van der Waals surface area contributed by atoms with Gasteiger partial charge in [0.15, 0.2) is 0 Å². The van der Waals surface area contributed by atoms with Gasteiger partial charge in [-0.05, 0) is 18.2 Å². The minimum Gasteiger partial charge on any atom is -0.496 e. The van der Waals surface area contributed by atoms with Crippen LogP contribution in [0.2, 0.25) is 0 Å². The number of benzene rings is 1. The summed E-state index contributed by atoms with van der Waals surface area (Å²) < 4.78 is 6.38. The smallest absolute Gasteiger partial charge is 0.122 e. The van der Waals surface area contributed by atoms with Gasteiger partial charge in [0.25, 0.3) is 0 Å². The summed E-state index contributed by atoms with van der Waals surface area (Å²) in [5, 5.41) is 0.468. The Morgan fingerprint density at radius 1 is 1.53 bits per heavy atom. The van der Waals surface area contributed by atoms with Crippen LogP contribution in [0.5, 0.6) is 5.75 Å². The highest BCUT2D eigenvalue weighted by atomic mass is 79.9. The van der Waals surface area contributed by atoms with Crippen LogP contribution >= 0.6 is 39.3 Å². The summed E-state index contributed by atoms with van der Waals surface area (Å²) in [7, 11) is 1.70. The Morgan fingerprint density at radius 2 is 2.27 bits per heavy atom. The van der Waals surface area contributed by atoms with Gasteiger partial charge < -0.3 is 4.74 Å². The molecule has 0 bridgehead atoms. The molecule has 0 fully saturated rings. The normalized spacial score (nSPS) is 12.5. The summed E-state index contributed by atoms with van der Waals surface area (Å²) in [4.78, 5) is 0. The Kier molecular flexibility index (Phi) is 5.87. The van der Waals surface area contributed by atoms with Crippen LogP contribution in [0.25, 0.3) is 0 Å². The molecule has 0 aliphatic rings. The maximum atomic E-state index is 5.76. The summed E-state index contributed by atoms with van der Waals surface area (Å²) in [5.74, 6) is 2.55. The van der Waals surface area contributed by atoms with Gasteiger partial charge in [-0.2, -0.15) is 11.8 Å². The molecular formula is C11H14BrClOS. The Labute approximate surface area is 109 Å². The molecule has 84 valence electrons. The minimum absolute atomic E-state index is 0.468. The van der Waals surface area contributed by atoms with E-state index in [4.69, 9.17) is 16.3 Å². The van der Waals surface area contributed by atoms with Gasteiger partial charge in [-0.1, -0.05) is 22.9 Å². The highest BCUT2D eigenvalue weighted by Crippen LogP contribution is 2.28. The summed E-state index contributed by atoms with van der Waals surface area (Å²) in [6, 6.07) is 6.05. The third kappa shape index (κ3) is 4.25. The van der Waals surface area contributed by atoms with Crippen molar-refractivity contribution in [3.63, 3.8) is 0 Å². The molecule has 4 heteroatoms. The van der Waals surface area contributed by atoms with Crippen molar-refractivity contribution >= 4 is 39.3 Å². The third-order valence-corrected chi connectivity index (χ3v) is 4.34. The lowest BCUT2D eigenvalue weighted by molar-refractivity contribution is 0.411. The van der Waals surface area contributed by atoms with Gasteiger partial charge in [-0.15, -0.1) is 11.6 Å². The van der Waals surface area contributed by atoms with Gasteiger partial charge in [0.1, 0.15) is 5.75 Å². The monoisotopic (exact) mass is 308 g/mol. The minimum atomic E-state index is 0.468. The first kappa shape index (κ1) is 13.2. The molecule has 1 aromatic rings. The number of hydrogen-bond acceptors (Lipinski definition) is 2. The molecule has 0 heterocycles. The zero-order valence-electron chi connectivity index (χ0n) is 8.80. The largest absolute Gasteiger partial charge is 0.496 e. The molecule has 1 nitrogen and oxygen atoms in total. The number of halogens is 2. The average Bonchev–Trinajstić information content (AvgIpc) is 2.26. The molecule has 0 N–H and O–H groups in total. The molecule has 1 atom stereocenters. The topological polar surface area (TPSA) is 9.23 Å². The van der Waals surface area contributed by atoms with Crippen molar-refractivity contribution < 1.29 is 4.74 Å². The summed E-state index contributed by atoms with van der Waals surface area (Å²) in [6.45, 7) is 2.13. The molecule has 0 aliphatic carbocycles. The van der Waals surface area contributed by atoms with Gasteiger partial charge in [0.2, 0.25) is 0 Å². The van der Waals surface area contributed by atoms with Crippen molar-refractivity contribution in [2.75, 3.05) is 13.0 Å². The van der Waals surface area contributed by atoms with E-state index in [9.17, 15) is 0 Å². The number of alkyl halides is 1. The van der Waals surface area contributed by atoms with Gasteiger partial charge in [0, 0.05) is 26.9 Å². The molecule has 0 radical (unpaired) electrons. The van der Waals surface area contributed by atoms with Gasteiger partial charge >= 0.3 is 0 Å². The maximum absolute atomic E-state index is 5.76. The van der Waals surface area contributed by atoms with Crippen LogP contribution in [-0.4, -0.2) is 18.2 Å². The zero-order chi connectivity index (χ0) is 11.3. The number of hydrogen-bond donors (Lipinski definition) is 0. The van der Waals surface area contributed by atoms with Crippen LogP contribution in [0.1, 0.15) is 12.5 Å². The first-order chi connectivity index (χ1) is 7.17. The molecule has 0 amide bonds. The fourth-order valence-corrected chi connectivity index (χ4v) is 2.59. The molecule has 0 spiro atoms. The summed E-state index contributed by atoms with van der Waals surface area (Å²) >= 11 is 11.1. The Balaban J connectivity index is 2.69. The molecule has 1 rings (SSSR count). The van der Waals surface area contributed by atoms with E-state index < -0.39 is 0 Å². The van der Waals surface area contributed by atoms with Gasteiger partial charge in [-0.3, -0.25) is 0 Å². The highest BCUT2D eigenvalue weighted by Gasteiger charge is 2.06. The molecule has 0 saturated carbocycles. The van der Waals surface area contributed by atoms with Crippen molar-refractivity contribution in [2.24, 2.45) is 0 Å². The molecule has 1 aromatic carbocycles. The molecule has 15 heavy (non-hydrogen) atoms. The predicted octanol–water partition coefficient (Wildman–Crippen LogP) is 4.32. The number of methoxy groups -OCH3 is 1. The number of ether oxygens (including phenoxy) is 1. The fraction of sp³-hybridized carbons (Fsp3) is 0.455. The van der Waals surface area contributed by atoms with E-state index in [1.165, 1.54) is 5.56 Å². The van der Waals surface area contributed by atoms with Crippen molar-refractivity contribution in [1.29, 1.82) is 0 Å². The standard InChI is InChI=1S/C11H14BrClOS/c1-8(6-13)15-7-9-5-10(12)3-4-11(9)14-2/h3-5,8H,6-7H2,1-2H3. The first-order valence-electron chi connectivity index (χ1n) is 4.67.